The Morgan fingerprint density at radius 3 is 2.45 bits per heavy atom. The highest BCUT2D eigenvalue weighted by Crippen LogP contribution is 2.30. The van der Waals surface area contributed by atoms with Crippen molar-refractivity contribution >= 4 is 26.9 Å². The first-order chi connectivity index (χ1) is 15.9. The minimum atomic E-state index is -3.80. The predicted octanol–water partition coefficient (Wildman–Crippen LogP) is 3.85. The molecule has 2 N–H and O–H groups in total. The van der Waals surface area contributed by atoms with Gasteiger partial charge in [-0.2, -0.15) is 0 Å². The van der Waals surface area contributed by atoms with E-state index < -0.39 is 15.8 Å². The summed E-state index contributed by atoms with van der Waals surface area (Å²) in [5.74, 6) is -0.130. The third kappa shape index (κ3) is 4.44. The zero-order chi connectivity index (χ0) is 23.0. The lowest BCUT2D eigenvalue weighted by molar-refractivity contribution is 0.458. The third-order valence-electron chi connectivity index (χ3n) is 5.78. The number of piperidine rings is 1. The normalized spacial score (nSPS) is 15.3. The molecule has 1 aliphatic rings. The van der Waals surface area contributed by atoms with E-state index in [0.29, 0.717) is 31.6 Å². The van der Waals surface area contributed by atoms with Gasteiger partial charge >= 0.3 is 0 Å². The van der Waals surface area contributed by atoms with Crippen molar-refractivity contribution in [2.24, 2.45) is 0 Å². The number of anilines is 1. The fourth-order valence-corrected chi connectivity index (χ4v) is 5.43. The second-order valence-electron chi connectivity index (χ2n) is 7.99. The Morgan fingerprint density at radius 1 is 0.970 bits per heavy atom. The lowest BCUT2D eigenvalue weighted by atomic mass is 10.1. The smallest absolute Gasteiger partial charge is 0.240 e. The topological polar surface area (TPSA) is 91.0 Å². The van der Waals surface area contributed by atoms with Gasteiger partial charge < -0.3 is 9.88 Å². The van der Waals surface area contributed by atoms with Gasteiger partial charge in [-0.05, 0) is 66.9 Å². The van der Waals surface area contributed by atoms with Crippen LogP contribution < -0.4 is 9.62 Å². The largest absolute Gasteiger partial charge is 0.356 e. The minimum absolute atomic E-state index is 0.0805. The fraction of sp³-hybridized carbons (Fsp3) is 0.217. The molecule has 10 heteroatoms. The number of sulfonamides is 1. The molecule has 5 rings (SSSR count). The Kier molecular flexibility index (Phi) is 5.55. The molecular weight excluding hydrogens is 448 g/mol. The second kappa shape index (κ2) is 8.53. The Morgan fingerprint density at radius 2 is 1.73 bits per heavy atom. The molecule has 7 nitrogen and oxygen atoms in total. The van der Waals surface area contributed by atoms with E-state index in [1.165, 1.54) is 36.7 Å². The van der Waals surface area contributed by atoms with Gasteiger partial charge in [0.05, 0.1) is 10.3 Å². The highest BCUT2D eigenvalue weighted by atomic mass is 32.2. The highest BCUT2D eigenvalue weighted by molar-refractivity contribution is 7.89. The molecule has 2 aromatic carbocycles. The summed E-state index contributed by atoms with van der Waals surface area (Å²) in [7, 11) is -3.80. The molecule has 4 aromatic rings. The van der Waals surface area contributed by atoms with E-state index in [-0.39, 0.29) is 16.8 Å². The van der Waals surface area contributed by atoms with Crippen LogP contribution in [0.25, 0.3) is 22.3 Å². The third-order valence-corrected chi connectivity index (χ3v) is 7.30. The van der Waals surface area contributed by atoms with E-state index in [9.17, 15) is 17.2 Å². The molecule has 0 bridgehead atoms. The van der Waals surface area contributed by atoms with E-state index in [0.717, 1.165) is 28.5 Å². The summed E-state index contributed by atoms with van der Waals surface area (Å²) in [4.78, 5) is 14.0. The van der Waals surface area contributed by atoms with E-state index in [1.54, 1.807) is 12.1 Å². The summed E-state index contributed by atoms with van der Waals surface area (Å²) in [6.07, 6.45) is 2.64. The number of H-pyrrole nitrogens is 1. The molecule has 1 aliphatic heterocycles. The first kappa shape index (κ1) is 21.5. The highest BCUT2D eigenvalue weighted by Gasteiger charge is 2.26. The van der Waals surface area contributed by atoms with Crippen LogP contribution in [-0.2, 0) is 10.0 Å². The van der Waals surface area contributed by atoms with Gasteiger partial charge in [-0.15, -0.1) is 0 Å². The van der Waals surface area contributed by atoms with Crippen LogP contribution in [0.3, 0.4) is 0 Å². The molecular formula is C23H21F2N5O2S. The molecule has 3 heterocycles. The van der Waals surface area contributed by atoms with Crippen molar-refractivity contribution in [3.05, 3.63) is 72.6 Å². The number of nitrogens with zero attached hydrogens (tertiary/aromatic N) is 3. The van der Waals surface area contributed by atoms with Gasteiger partial charge in [0, 0.05) is 24.8 Å². The number of rotatable bonds is 5. The summed E-state index contributed by atoms with van der Waals surface area (Å²) in [5, 5.41) is 0.843. The molecule has 0 saturated carbocycles. The number of fused-ring (bicyclic) bond motifs is 1. The number of aromatic nitrogens is 3. The molecule has 0 unspecified atom stereocenters. The van der Waals surface area contributed by atoms with Crippen molar-refractivity contribution in [3.63, 3.8) is 0 Å². The SMILES string of the molecule is O=S(=O)(NC1CCN(c2ncnc3[nH]c(-c4ccc(F)cc4)cc23)CC1)c1cccc(F)c1. The lowest BCUT2D eigenvalue weighted by Crippen LogP contribution is -2.44. The van der Waals surface area contributed by atoms with Crippen molar-refractivity contribution in [1.82, 2.24) is 19.7 Å². The predicted molar refractivity (Wildman–Crippen MR) is 121 cm³/mol. The van der Waals surface area contributed by atoms with Crippen molar-refractivity contribution in [2.45, 2.75) is 23.8 Å². The number of nitrogens with one attached hydrogen (secondary N) is 2. The molecule has 1 fully saturated rings. The molecule has 0 amide bonds. The van der Waals surface area contributed by atoms with E-state index in [2.05, 4.69) is 24.6 Å². The summed E-state index contributed by atoms with van der Waals surface area (Å²) in [6, 6.07) is 12.9. The number of aromatic amines is 1. The zero-order valence-corrected chi connectivity index (χ0v) is 18.3. The quantitative estimate of drug-likeness (QED) is 0.463. The standard InChI is InChI=1S/C23H21F2N5O2S/c24-16-6-4-15(5-7-16)21-13-20-22(28-21)26-14-27-23(20)30-10-8-18(9-11-30)29-33(31,32)19-3-1-2-17(25)12-19/h1-7,12-14,18,29H,8-11H2,(H,26,27,28). The Labute approximate surface area is 189 Å². The Bertz CT molecular complexity index is 1400. The fourth-order valence-electron chi connectivity index (χ4n) is 4.09. The molecule has 0 atom stereocenters. The van der Waals surface area contributed by atoms with Crippen LogP contribution in [0.4, 0.5) is 14.6 Å². The number of hydrogen-bond donors (Lipinski definition) is 2. The summed E-state index contributed by atoms with van der Waals surface area (Å²) in [5.41, 5.74) is 2.32. The van der Waals surface area contributed by atoms with Crippen LogP contribution in [0.15, 0.2) is 65.8 Å². The first-order valence-electron chi connectivity index (χ1n) is 10.5. The molecule has 2 aromatic heterocycles. The summed E-state index contributed by atoms with van der Waals surface area (Å²) < 4.78 is 54.6. The summed E-state index contributed by atoms with van der Waals surface area (Å²) in [6.45, 7) is 1.19. The molecule has 0 radical (unpaired) electrons. The number of hydrogen-bond acceptors (Lipinski definition) is 5. The maximum Gasteiger partial charge on any atom is 0.240 e. The van der Waals surface area contributed by atoms with Crippen LogP contribution in [0.2, 0.25) is 0 Å². The van der Waals surface area contributed by atoms with Crippen LogP contribution in [0.5, 0.6) is 0 Å². The monoisotopic (exact) mass is 469 g/mol. The Hall–Kier alpha value is -3.37. The number of benzene rings is 2. The number of halogens is 2. The lowest BCUT2D eigenvalue weighted by Gasteiger charge is -2.33. The van der Waals surface area contributed by atoms with Gasteiger partial charge in [0.25, 0.3) is 0 Å². The van der Waals surface area contributed by atoms with E-state index in [4.69, 9.17) is 0 Å². The van der Waals surface area contributed by atoms with E-state index in [1.807, 2.05) is 6.07 Å². The summed E-state index contributed by atoms with van der Waals surface area (Å²) >= 11 is 0. The zero-order valence-electron chi connectivity index (χ0n) is 17.5. The van der Waals surface area contributed by atoms with Gasteiger partial charge in [-0.25, -0.2) is 31.9 Å². The van der Waals surface area contributed by atoms with Gasteiger partial charge in [0.1, 0.15) is 29.4 Å². The van der Waals surface area contributed by atoms with Gasteiger partial charge in [-0.1, -0.05) is 6.07 Å². The van der Waals surface area contributed by atoms with Crippen molar-refractivity contribution in [1.29, 1.82) is 0 Å². The molecule has 1 saturated heterocycles. The maximum absolute atomic E-state index is 13.4. The van der Waals surface area contributed by atoms with Crippen molar-refractivity contribution < 1.29 is 17.2 Å². The molecule has 33 heavy (non-hydrogen) atoms. The minimum Gasteiger partial charge on any atom is -0.356 e. The van der Waals surface area contributed by atoms with Gasteiger partial charge in [0.15, 0.2) is 0 Å². The van der Waals surface area contributed by atoms with Crippen molar-refractivity contribution in [3.8, 4) is 11.3 Å². The molecule has 0 aliphatic carbocycles. The van der Waals surface area contributed by atoms with Gasteiger partial charge in [0.2, 0.25) is 10.0 Å². The first-order valence-corrected chi connectivity index (χ1v) is 12.0. The van der Waals surface area contributed by atoms with Crippen LogP contribution in [0, 0.1) is 11.6 Å². The average Bonchev–Trinajstić information content (AvgIpc) is 3.24. The maximum atomic E-state index is 13.4. The van der Waals surface area contributed by atoms with Crippen LogP contribution in [0.1, 0.15) is 12.8 Å². The molecule has 170 valence electrons. The van der Waals surface area contributed by atoms with Crippen molar-refractivity contribution in [2.75, 3.05) is 18.0 Å². The Balaban J connectivity index is 1.32. The van der Waals surface area contributed by atoms with Gasteiger partial charge in [-0.3, -0.25) is 0 Å². The van der Waals surface area contributed by atoms with Crippen LogP contribution in [-0.4, -0.2) is 42.5 Å². The average molecular weight is 470 g/mol. The van der Waals surface area contributed by atoms with Crippen LogP contribution >= 0.6 is 0 Å². The molecule has 0 spiro atoms. The van der Waals surface area contributed by atoms with E-state index >= 15 is 0 Å². The second-order valence-corrected chi connectivity index (χ2v) is 9.70.